The van der Waals surface area contributed by atoms with Crippen LogP contribution in [0.2, 0.25) is 5.02 Å². The molecule has 3 rings (SSSR count). The van der Waals surface area contributed by atoms with Gasteiger partial charge in [-0.3, -0.25) is 4.79 Å². The Kier molecular flexibility index (Phi) is 4.16. The van der Waals surface area contributed by atoms with Gasteiger partial charge in [-0.05, 0) is 48.2 Å². The number of rotatable bonds is 5. The van der Waals surface area contributed by atoms with E-state index in [1.807, 2.05) is 18.2 Å². The Balaban J connectivity index is 1.58. The minimum absolute atomic E-state index is 0.0311. The van der Waals surface area contributed by atoms with E-state index in [0.29, 0.717) is 6.54 Å². The van der Waals surface area contributed by atoms with Crippen LogP contribution in [0.4, 0.5) is 4.39 Å². The molecule has 2 aromatic carbocycles. The first-order chi connectivity index (χ1) is 10.6. The third-order valence-electron chi connectivity index (χ3n) is 4.19. The van der Waals surface area contributed by atoms with E-state index in [4.69, 9.17) is 11.6 Å². The zero-order valence-corrected chi connectivity index (χ0v) is 12.9. The fourth-order valence-corrected chi connectivity index (χ4v) is 2.84. The first-order valence-corrected chi connectivity index (χ1v) is 7.72. The van der Waals surface area contributed by atoms with Crippen LogP contribution in [-0.2, 0) is 16.6 Å². The van der Waals surface area contributed by atoms with Crippen molar-refractivity contribution in [2.75, 3.05) is 6.54 Å². The van der Waals surface area contributed by atoms with Gasteiger partial charge in [-0.2, -0.15) is 0 Å². The molecule has 2 aromatic rings. The summed E-state index contributed by atoms with van der Waals surface area (Å²) in [6.45, 7) is 0.618. The number of hydrogen-bond donors (Lipinski definition) is 1. The molecule has 1 fully saturated rings. The average molecular weight is 318 g/mol. The van der Waals surface area contributed by atoms with Crippen molar-refractivity contribution in [2.24, 2.45) is 0 Å². The maximum atomic E-state index is 12.8. The highest BCUT2D eigenvalue weighted by molar-refractivity contribution is 6.30. The maximum Gasteiger partial charge on any atom is 0.224 e. The van der Waals surface area contributed by atoms with Crippen LogP contribution in [0.15, 0.2) is 48.5 Å². The van der Waals surface area contributed by atoms with Crippen molar-refractivity contribution in [1.82, 2.24) is 5.32 Å². The Hall–Kier alpha value is -1.87. The van der Waals surface area contributed by atoms with Gasteiger partial charge in [0.15, 0.2) is 0 Å². The van der Waals surface area contributed by atoms with Crippen molar-refractivity contribution < 1.29 is 9.18 Å². The summed E-state index contributed by atoms with van der Waals surface area (Å²) in [6, 6.07) is 13.9. The van der Waals surface area contributed by atoms with Gasteiger partial charge in [-0.15, -0.1) is 0 Å². The summed E-state index contributed by atoms with van der Waals surface area (Å²) in [5.74, 6) is -0.332. The monoisotopic (exact) mass is 317 g/mol. The second-order valence-electron chi connectivity index (χ2n) is 5.87. The van der Waals surface area contributed by atoms with Crippen molar-refractivity contribution >= 4 is 17.5 Å². The zero-order valence-electron chi connectivity index (χ0n) is 12.1. The normalized spacial score (nSPS) is 15.4. The molecule has 114 valence electrons. The molecule has 2 nitrogen and oxygen atoms in total. The molecule has 0 radical (unpaired) electrons. The van der Waals surface area contributed by atoms with Gasteiger partial charge >= 0.3 is 0 Å². The number of nitrogens with one attached hydrogen (secondary N) is 1. The van der Waals surface area contributed by atoms with Gasteiger partial charge in [0.2, 0.25) is 5.91 Å². The summed E-state index contributed by atoms with van der Waals surface area (Å²) in [4.78, 5) is 12.0. The van der Waals surface area contributed by atoms with Crippen LogP contribution in [0.25, 0.3) is 0 Å². The lowest BCUT2D eigenvalue weighted by molar-refractivity contribution is -0.120. The summed E-state index contributed by atoms with van der Waals surface area (Å²) < 4.78 is 12.8. The number of carbonyl (C=O) groups is 1. The molecule has 0 spiro atoms. The fraction of sp³-hybridized carbons (Fsp3) is 0.278. The van der Waals surface area contributed by atoms with Gasteiger partial charge in [0.25, 0.3) is 0 Å². The number of amides is 1. The van der Waals surface area contributed by atoms with E-state index < -0.39 is 0 Å². The predicted octanol–water partition coefficient (Wildman–Crippen LogP) is 3.87. The number of carbonyl (C=O) groups excluding carboxylic acids is 1. The van der Waals surface area contributed by atoms with Crippen molar-refractivity contribution in [3.05, 3.63) is 70.5 Å². The fourth-order valence-electron chi connectivity index (χ4n) is 2.65. The van der Waals surface area contributed by atoms with Crippen LogP contribution in [0.3, 0.4) is 0 Å². The third kappa shape index (κ3) is 3.47. The van der Waals surface area contributed by atoms with Gasteiger partial charge < -0.3 is 5.32 Å². The number of halogens is 2. The first kappa shape index (κ1) is 15.0. The summed E-state index contributed by atoms with van der Waals surface area (Å²) in [5, 5.41) is 3.71. The van der Waals surface area contributed by atoms with Crippen LogP contribution >= 0.6 is 11.6 Å². The van der Waals surface area contributed by atoms with Crippen molar-refractivity contribution in [3.8, 4) is 0 Å². The summed E-state index contributed by atoms with van der Waals surface area (Å²) in [5.41, 5.74) is 2.03. The standard InChI is InChI=1S/C18H17ClFNO/c19-15-3-1-2-14(11-15)18(8-9-18)12-21-17(22)10-13-4-6-16(20)7-5-13/h1-7,11H,8-10,12H2,(H,21,22). The lowest BCUT2D eigenvalue weighted by Gasteiger charge is -2.17. The lowest BCUT2D eigenvalue weighted by atomic mass is 9.96. The first-order valence-electron chi connectivity index (χ1n) is 7.35. The zero-order chi connectivity index (χ0) is 15.6. The molecule has 0 unspecified atom stereocenters. The molecule has 1 aliphatic carbocycles. The molecule has 0 aromatic heterocycles. The van der Waals surface area contributed by atoms with Crippen molar-refractivity contribution in [1.29, 1.82) is 0 Å². The number of benzene rings is 2. The van der Waals surface area contributed by atoms with E-state index >= 15 is 0 Å². The highest BCUT2D eigenvalue weighted by Gasteiger charge is 2.44. The molecule has 0 aliphatic heterocycles. The van der Waals surface area contributed by atoms with Crippen LogP contribution in [0.5, 0.6) is 0 Å². The van der Waals surface area contributed by atoms with E-state index in [1.165, 1.54) is 17.7 Å². The Morgan fingerprint density at radius 2 is 1.91 bits per heavy atom. The lowest BCUT2D eigenvalue weighted by Crippen LogP contribution is -2.33. The van der Waals surface area contributed by atoms with Crippen LogP contribution < -0.4 is 5.32 Å². The average Bonchev–Trinajstić information content (AvgIpc) is 3.29. The molecule has 4 heteroatoms. The minimum atomic E-state index is -0.290. The minimum Gasteiger partial charge on any atom is -0.355 e. The smallest absolute Gasteiger partial charge is 0.224 e. The van der Waals surface area contributed by atoms with E-state index in [2.05, 4.69) is 11.4 Å². The van der Waals surface area contributed by atoms with E-state index in [-0.39, 0.29) is 23.6 Å². The molecule has 0 atom stereocenters. The Morgan fingerprint density at radius 3 is 2.55 bits per heavy atom. The molecule has 22 heavy (non-hydrogen) atoms. The Bertz CT molecular complexity index is 680. The van der Waals surface area contributed by atoms with E-state index in [1.54, 1.807) is 12.1 Å². The summed E-state index contributed by atoms with van der Waals surface area (Å²) >= 11 is 6.04. The van der Waals surface area contributed by atoms with Crippen LogP contribution in [-0.4, -0.2) is 12.5 Å². The van der Waals surface area contributed by atoms with Gasteiger partial charge in [0, 0.05) is 17.0 Å². The summed E-state index contributed by atoms with van der Waals surface area (Å²) in [7, 11) is 0. The topological polar surface area (TPSA) is 29.1 Å². The van der Waals surface area contributed by atoms with Gasteiger partial charge in [0.1, 0.15) is 5.82 Å². The van der Waals surface area contributed by atoms with Crippen LogP contribution in [0.1, 0.15) is 24.0 Å². The molecule has 1 aliphatic rings. The molecular formula is C18H17ClFNO. The second-order valence-corrected chi connectivity index (χ2v) is 6.31. The van der Waals surface area contributed by atoms with Gasteiger partial charge in [-0.25, -0.2) is 4.39 Å². The largest absolute Gasteiger partial charge is 0.355 e. The second kappa shape index (κ2) is 6.09. The SMILES string of the molecule is O=C(Cc1ccc(F)cc1)NCC1(c2cccc(Cl)c2)CC1. The molecule has 0 heterocycles. The highest BCUT2D eigenvalue weighted by Crippen LogP contribution is 2.48. The molecule has 1 N–H and O–H groups in total. The molecule has 0 bridgehead atoms. The maximum absolute atomic E-state index is 12.8. The Labute approximate surface area is 134 Å². The highest BCUT2D eigenvalue weighted by atomic mass is 35.5. The Morgan fingerprint density at radius 1 is 1.18 bits per heavy atom. The third-order valence-corrected chi connectivity index (χ3v) is 4.43. The summed E-state index contributed by atoms with van der Waals surface area (Å²) in [6.07, 6.45) is 2.39. The predicted molar refractivity (Wildman–Crippen MR) is 85.5 cm³/mol. The molecule has 0 saturated heterocycles. The van der Waals surface area contributed by atoms with Gasteiger partial charge in [-0.1, -0.05) is 35.9 Å². The van der Waals surface area contributed by atoms with E-state index in [0.717, 1.165) is 23.4 Å². The van der Waals surface area contributed by atoms with Crippen molar-refractivity contribution in [3.63, 3.8) is 0 Å². The van der Waals surface area contributed by atoms with Crippen molar-refractivity contribution in [2.45, 2.75) is 24.7 Å². The molecule has 1 saturated carbocycles. The van der Waals surface area contributed by atoms with Crippen LogP contribution in [0, 0.1) is 5.82 Å². The molecule has 1 amide bonds. The van der Waals surface area contributed by atoms with E-state index in [9.17, 15) is 9.18 Å². The quantitative estimate of drug-likeness (QED) is 0.891. The number of hydrogen-bond acceptors (Lipinski definition) is 1. The van der Waals surface area contributed by atoms with Gasteiger partial charge in [0.05, 0.1) is 6.42 Å². The molecular weight excluding hydrogens is 301 g/mol.